The summed E-state index contributed by atoms with van der Waals surface area (Å²) in [5.74, 6) is 0.0226. The van der Waals surface area contributed by atoms with Crippen LogP contribution in [0.2, 0.25) is 0 Å². The van der Waals surface area contributed by atoms with Crippen LogP contribution in [-0.2, 0) is 9.59 Å². The molecule has 0 aromatic carbocycles. The Morgan fingerprint density at radius 2 is 1.50 bits per heavy atom. The van der Waals surface area contributed by atoms with E-state index in [1.165, 1.54) is 0 Å². The fourth-order valence-electron chi connectivity index (χ4n) is 1.75. The first kappa shape index (κ1) is 13.0. The molecule has 2 atom stereocenters. The molecule has 0 radical (unpaired) electrons. The van der Waals surface area contributed by atoms with Crippen LogP contribution in [0, 0.1) is 5.92 Å². The van der Waals surface area contributed by atoms with Crippen molar-refractivity contribution in [1.29, 1.82) is 0 Å². The van der Waals surface area contributed by atoms with E-state index in [2.05, 4.69) is 0 Å². The second kappa shape index (κ2) is 5.30. The number of amides is 2. The van der Waals surface area contributed by atoms with Crippen molar-refractivity contribution in [1.82, 2.24) is 9.80 Å². The molecule has 92 valence electrons. The number of carbonyl (C=O) groups excluding carboxylic acids is 2. The molecule has 0 aromatic heterocycles. The lowest BCUT2D eigenvalue weighted by atomic mass is 10.0. The van der Waals surface area contributed by atoms with Gasteiger partial charge in [-0.2, -0.15) is 0 Å². The highest BCUT2D eigenvalue weighted by molar-refractivity contribution is 5.80. The fraction of sp³-hybridized carbons (Fsp3) is 0.818. The number of hydrogen-bond donors (Lipinski definition) is 1. The van der Waals surface area contributed by atoms with Gasteiger partial charge in [0.05, 0.1) is 5.92 Å². The molecule has 0 spiro atoms. The molecule has 2 amide bonds. The molecule has 1 aliphatic rings. The number of rotatable bonds is 2. The molecule has 0 aromatic rings. The number of nitrogens with two attached hydrogens (primary N) is 1. The van der Waals surface area contributed by atoms with Crippen molar-refractivity contribution in [2.45, 2.75) is 26.8 Å². The van der Waals surface area contributed by atoms with Crippen molar-refractivity contribution in [3.63, 3.8) is 0 Å². The first-order chi connectivity index (χ1) is 7.43. The average Bonchev–Trinajstić information content (AvgIpc) is 2.27. The van der Waals surface area contributed by atoms with Crippen LogP contribution in [-0.4, -0.2) is 53.8 Å². The van der Waals surface area contributed by atoms with E-state index in [0.29, 0.717) is 26.2 Å². The Morgan fingerprint density at radius 1 is 1.06 bits per heavy atom. The van der Waals surface area contributed by atoms with E-state index < -0.39 is 0 Å². The molecule has 5 nitrogen and oxygen atoms in total. The molecule has 1 saturated heterocycles. The number of piperazine rings is 1. The number of hydrogen-bond acceptors (Lipinski definition) is 3. The predicted molar refractivity (Wildman–Crippen MR) is 61.6 cm³/mol. The van der Waals surface area contributed by atoms with E-state index in [4.69, 9.17) is 5.73 Å². The van der Waals surface area contributed by atoms with E-state index in [0.717, 1.165) is 0 Å². The van der Waals surface area contributed by atoms with Crippen molar-refractivity contribution in [2.24, 2.45) is 11.7 Å². The second-order valence-electron chi connectivity index (χ2n) is 4.48. The van der Waals surface area contributed by atoms with Crippen LogP contribution in [0.25, 0.3) is 0 Å². The molecule has 16 heavy (non-hydrogen) atoms. The molecule has 1 rings (SSSR count). The topological polar surface area (TPSA) is 66.6 Å². The highest BCUT2D eigenvalue weighted by atomic mass is 16.2. The summed E-state index contributed by atoms with van der Waals surface area (Å²) >= 11 is 0. The van der Waals surface area contributed by atoms with Crippen LogP contribution in [0.3, 0.4) is 0 Å². The quantitative estimate of drug-likeness (QED) is 0.702. The standard InChI is InChI=1S/C11H21N3O2/c1-8(9(2)12)11(16)14-6-4-13(5-7-14)10(3)15/h8-9H,4-7,12H2,1-3H3. The Labute approximate surface area is 96.6 Å². The summed E-state index contributed by atoms with van der Waals surface area (Å²) in [6.07, 6.45) is 0. The smallest absolute Gasteiger partial charge is 0.227 e. The molecule has 0 aliphatic carbocycles. The molecule has 5 heteroatoms. The first-order valence-electron chi connectivity index (χ1n) is 5.73. The van der Waals surface area contributed by atoms with Crippen LogP contribution < -0.4 is 5.73 Å². The van der Waals surface area contributed by atoms with Gasteiger partial charge in [0.25, 0.3) is 0 Å². The van der Waals surface area contributed by atoms with E-state index in [1.807, 2.05) is 13.8 Å². The third-order valence-corrected chi connectivity index (χ3v) is 3.21. The lowest BCUT2D eigenvalue weighted by Gasteiger charge is -2.36. The van der Waals surface area contributed by atoms with E-state index in [-0.39, 0.29) is 23.8 Å². The fourth-order valence-corrected chi connectivity index (χ4v) is 1.75. The summed E-state index contributed by atoms with van der Waals surface area (Å²) < 4.78 is 0. The van der Waals surface area contributed by atoms with Crippen molar-refractivity contribution >= 4 is 11.8 Å². The monoisotopic (exact) mass is 227 g/mol. The van der Waals surface area contributed by atoms with Crippen molar-refractivity contribution < 1.29 is 9.59 Å². The second-order valence-corrected chi connectivity index (χ2v) is 4.48. The SMILES string of the molecule is CC(=O)N1CCN(C(=O)C(C)C(C)N)CC1. The minimum absolute atomic E-state index is 0.0762. The molecule has 1 fully saturated rings. The van der Waals surface area contributed by atoms with Gasteiger partial charge in [-0.25, -0.2) is 0 Å². The Kier molecular flexibility index (Phi) is 4.29. The van der Waals surface area contributed by atoms with Gasteiger partial charge in [-0.15, -0.1) is 0 Å². The maximum Gasteiger partial charge on any atom is 0.227 e. The summed E-state index contributed by atoms with van der Waals surface area (Å²) in [5, 5.41) is 0. The van der Waals surface area contributed by atoms with E-state index in [1.54, 1.807) is 16.7 Å². The van der Waals surface area contributed by atoms with Crippen LogP contribution >= 0.6 is 0 Å². The summed E-state index contributed by atoms with van der Waals surface area (Å²) in [5.41, 5.74) is 5.71. The third kappa shape index (κ3) is 2.95. The summed E-state index contributed by atoms with van der Waals surface area (Å²) in [6.45, 7) is 7.76. The summed E-state index contributed by atoms with van der Waals surface area (Å²) in [7, 11) is 0. The zero-order valence-corrected chi connectivity index (χ0v) is 10.3. The van der Waals surface area contributed by atoms with Gasteiger partial charge in [0.1, 0.15) is 0 Å². The van der Waals surface area contributed by atoms with Gasteiger partial charge < -0.3 is 15.5 Å². The van der Waals surface area contributed by atoms with Crippen LogP contribution in [0.15, 0.2) is 0 Å². The molecule has 2 unspecified atom stereocenters. The summed E-state index contributed by atoms with van der Waals surface area (Å²) in [6, 6.07) is -0.127. The van der Waals surface area contributed by atoms with E-state index >= 15 is 0 Å². The molecular weight excluding hydrogens is 206 g/mol. The maximum atomic E-state index is 12.0. The van der Waals surface area contributed by atoms with Gasteiger partial charge in [-0.3, -0.25) is 9.59 Å². The number of nitrogens with zero attached hydrogens (tertiary/aromatic N) is 2. The van der Waals surface area contributed by atoms with Gasteiger partial charge in [0.2, 0.25) is 11.8 Å². The Hall–Kier alpha value is -1.10. The predicted octanol–water partition coefficient (Wildman–Crippen LogP) is -0.340. The molecule has 0 bridgehead atoms. The average molecular weight is 227 g/mol. The van der Waals surface area contributed by atoms with Gasteiger partial charge in [-0.05, 0) is 6.92 Å². The van der Waals surface area contributed by atoms with Crippen molar-refractivity contribution in [3.8, 4) is 0 Å². The number of carbonyl (C=O) groups is 2. The Bertz CT molecular complexity index is 270. The minimum atomic E-state index is -0.149. The summed E-state index contributed by atoms with van der Waals surface area (Å²) in [4.78, 5) is 26.6. The normalized spacial score (nSPS) is 20.5. The van der Waals surface area contributed by atoms with Gasteiger partial charge in [-0.1, -0.05) is 6.92 Å². The third-order valence-electron chi connectivity index (χ3n) is 3.21. The Morgan fingerprint density at radius 3 is 1.88 bits per heavy atom. The van der Waals surface area contributed by atoms with Gasteiger partial charge in [0.15, 0.2) is 0 Å². The lowest BCUT2D eigenvalue weighted by molar-refractivity contribution is -0.141. The molecule has 1 aliphatic heterocycles. The Balaban J connectivity index is 2.47. The van der Waals surface area contributed by atoms with Crippen LogP contribution in [0.1, 0.15) is 20.8 Å². The molecule has 2 N–H and O–H groups in total. The van der Waals surface area contributed by atoms with Crippen molar-refractivity contribution in [3.05, 3.63) is 0 Å². The van der Waals surface area contributed by atoms with Crippen LogP contribution in [0.5, 0.6) is 0 Å². The minimum Gasteiger partial charge on any atom is -0.339 e. The molecule has 1 heterocycles. The lowest BCUT2D eigenvalue weighted by Crippen LogP contribution is -2.52. The zero-order chi connectivity index (χ0) is 12.3. The highest BCUT2D eigenvalue weighted by Crippen LogP contribution is 2.09. The molecule has 0 saturated carbocycles. The highest BCUT2D eigenvalue weighted by Gasteiger charge is 2.27. The van der Waals surface area contributed by atoms with Gasteiger partial charge >= 0.3 is 0 Å². The van der Waals surface area contributed by atoms with Gasteiger partial charge in [0, 0.05) is 39.1 Å². The molecular formula is C11H21N3O2. The maximum absolute atomic E-state index is 12.0. The first-order valence-corrected chi connectivity index (χ1v) is 5.73. The van der Waals surface area contributed by atoms with Crippen LogP contribution in [0.4, 0.5) is 0 Å². The van der Waals surface area contributed by atoms with E-state index in [9.17, 15) is 9.59 Å². The largest absolute Gasteiger partial charge is 0.339 e. The zero-order valence-electron chi connectivity index (χ0n) is 10.3. The van der Waals surface area contributed by atoms with Crippen molar-refractivity contribution in [2.75, 3.05) is 26.2 Å².